The molecule has 1 fully saturated rings. The second-order valence-electron chi connectivity index (χ2n) is 17.3. The lowest BCUT2D eigenvalue weighted by Crippen LogP contribution is -2.58. The van der Waals surface area contributed by atoms with E-state index in [1.807, 2.05) is 57.5 Å². The Kier molecular flexibility index (Phi) is 19.0. The minimum Gasteiger partial charge on any atom is -0.397 e. The van der Waals surface area contributed by atoms with E-state index in [-0.39, 0.29) is 50.2 Å². The first-order valence-corrected chi connectivity index (χ1v) is 22.9. The minimum absolute atomic E-state index is 0.00570. The lowest BCUT2D eigenvalue weighted by molar-refractivity contribution is -0.144. The fraction of sp³-hybridized carbons (Fsp3) is 0.458. The number of ether oxygens (including phenoxy) is 2. The van der Waals surface area contributed by atoms with Crippen LogP contribution in [0.5, 0.6) is 0 Å². The summed E-state index contributed by atoms with van der Waals surface area (Å²) >= 11 is 1.57. The van der Waals surface area contributed by atoms with Gasteiger partial charge in [-0.15, -0.1) is 11.3 Å². The summed E-state index contributed by atoms with van der Waals surface area (Å²) in [6.45, 7) is 8.31. The number of nitrogens with two attached hydrogens (primary N) is 1. The van der Waals surface area contributed by atoms with Gasteiger partial charge in [0.1, 0.15) is 31.1 Å². The first kappa shape index (κ1) is 50.3. The van der Waals surface area contributed by atoms with Crippen molar-refractivity contribution < 1.29 is 42.9 Å². The van der Waals surface area contributed by atoms with Crippen LogP contribution in [-0.2, 0) is 35.2 Å². The predicted molar refractivity (Wildman–Crippen MR) is 249 cm³/mol. The van der Waals surface area contributed by atoms with Gasteiger partial charge in [-0.1, -0.05) is 77.1 Å². The van der Waals surface area contributed by atoms with E-state index in [2.05, 4.69) is 26.3 Å². The zero-order chi connectivity index (χ0) is 46.9. The van der Waals surface area contributed by atoms with Crippen LogP contribution in [0.2, 0.25) is 0 Å². The lowest BCUT2D eigenvalue weighted by atomic mass is 9.85. The van der Waals surface area contributed by atoms with E-state index in [0.717, 1.165) is 72.7 Å². The molecule has 65 heavy (non-hydrogen) atoms. The van der Waals surface area contributed by atoms with Crippen molar-refractivity contribution in [1.82, 2.24) is 20.5 Å². The van der Waals surface area contributed by atoms with Gasteiger partial charge in [-0.05, 0) is 78.8 Å². The number of benzene rings is 3. The van der Waals surface area contributed by atoms with Crippen LogP contribution in [0.4, 0.5) is 21.5 Å². The third-order valence-electron chi connectivity index (χ3n) is 10.9. The molecule has 5 rings (SSSR count). The van der Waals surface area contributed by atoms with Gasteiger partial charge in [-0.2, -0.15) is 0 Å². The number of aliphatic hydroxyl groups excluding tert-OH is 1. The second kappa shape index (κ2) is 24.5. The molecule has 3 atom stereocenters. The van der Waals surface area contributed by atoms with Gasteiger partial charge < -0.3 is 46.5 Å². The summed E-state index contributed by atoms with van der Waals surface area (Å²) in [6.07, 6.45) is 5.82. The number of amides is 5. The molecule has 2 unspecified atom stereocenters. The highest BCUT2D eigenvalue weighted by atomic mass is 32.1. The van der Waals surface area contributed by atoms with Crippen molar-refractivity contribution in [1.29, 1.82) is 0 Å². The quantitative estimate of drug-likeness (QED) is 0.0346. The van der Waals surface area contributed by atoms with Crippen LogP contribution in [0.1, 0.15) is 93.8 Å². The number of hydrogen-bond donors (Lipinski definition) is 6. The van der Waals surface area contributed by atoms with E-state index in [0.29, 0.717) is 30.2 Å². The van der Waals surface area contributed by atoms with Gasteiger partial charge in [-0.25, -0.2) is 9.37 Å². The maximum absolute atomic E-state index is 13.9. The first-order chi connectivity index (χ1) is 31.1. The van der Waals surface area contributed by atoms with Gasteiger partial charge in [0.25, 0.3) is 5.91 Å². The number of rotatable bonds is 23. The van der Waals surface area contributed by atoms with E-state index >= 15 is 0 Å². The zero-order valence-corrected chi connectivity index (χ0v) is 38.4. The van der Waals surface area contributed by atoms with Gasteiger partial charge in [0.2, 0.25) is 23.6 Å². The van der Waals surface area contributed by atoms with Gasteiger partial charge >= 0.3 is 0 Å². The number of halogens is 1. The third-order valence-corrected chi connectivity index (χ3v) is 11.9. The standard InChI is InChI=1S/C48H62FN7O8S/c1-31-43(65-30-52-31)33-14-12-32(13-15-33)26-51-46(61)40-25-37(57)27-56(40)47(62)44(48(2,3)4)55-42(59)29-64-23-11-9-7-5-6-8-10-22-63-28-41(58)53-36-19-16-34(17-20-36)45(60)54-39-21-18-35(49)24-38(39)50/h12-21,24,30,37,40,44,57H,5-11,22-23,25-29,50H2,1-4H3,(H,51,61)(H,53,58)(H,54,60)(H,55,59)/t37?,40?,44-/m1/s1. The Morgan fingerprint density at radius 1 is 0.877 bits per heavy atom. The highest BCUT2D eigenvalue weighted by Crippen LogP contribution is 2.29. The number of aliphatic hydroxyl groups is 1. The summed E-state index contributed by atoms with van der Waals surface area (Å²) in [5.41, 5.74) is 11.1. The molecule has 0 spiro atoms. The molecule has 17 heteroatoms. The first-order valence-electron chi connectivity index (χ1n) is 22.1. The van der Waals surface area contributed by atoms with E-state index in [9.17, 15) is 33.5 Å². The molecule has 1 aliphatic rings. The van der Waals surface area contributed by atoms with Crippen LogP contribution < -0.4 is 27.0 Å². The summed E-state index contributed by atoms with van der Waals surface area (Å²) in [4.78, 5) is 71.9. The number of anilines is 3. The molecule has 2 heterocycles. The SMILES string of the molecule is Cc1ncsc1-c1ccc(CNC(=O)C2CC(O)CN2C(=O)[C@@H](NC(=O)COCCCCCCCCCOCC(=O)Nc2ccc(C(=O)Nc3ccc(F)cc3N)cc2)C(C)(C)C)cc1. The maximum Gasteiger partial charge on any atom is 0.255 e. The Morgan fingerprint density at radius 3 is 2.11 bits per heavy atom. The molecule has 350 valence electrons. The van der Waals surface area contributed by atoms with Crippen molar-refractivity contribution in [2.45, 2.75) is 104 Å². The summed E-state index contributed by atoms with van der Waals surface area (Å²) in [5, 5.41) is 21.7. The highest BCUT2D eigenvalue weighted by molar-refractivity contribution is 7.13. The molecule has 1 aliphatic heterocycles. The number of thiazole rings is 1. The molecule has 0 saturated carbocycles. The molecule has 7 N–H and O–H groups in total. The molecule has 0 aliphatic carbocycles. The van der Waals surface area contributed by atoms with E-state index in [1.165, 1.54) is 17.0 Å². The van der Waals surface area contributed by atoms with Crippen molar-refractivity contribution >= 4 is 57.9 Å². The Labute approximate surface area is 384 Å². The normalized spacial score (nSPS) is 15.3. The van der Waals surface area contributed by atoms with Crippen LogP contribution in [0.25, 0.3) is 10.4 Å². The number of likely N-dealkylation sites (tertiary alicyclic amines) is 1. The molecular formula is C48H62FN7O8S. The summed E-state index contributed by atoms with van der Waals surface area (Å²) in [7, 11) is 0. The van der Waals surface area contributed by atoms with E-state index < -0.39 is 47.1 Å². The molecule has 1 aromatic heterocycles. The van der Waals surface area contributed by atoms with Gasteiger partial charge in [0.05, 0.1) is 33.6 Å². The number of nitrogen functional groups attached to an aromatic ring is 1. The Morgan fingerprint density at radius 2 is 1.51 bits per heavy atom. The molecule has 3 aromatic carbocycles. The molecule has 5 amide bonds. The van der Waals surface area contributed by atoms with Crippen LogP contribution >= 0.6 is 11.3 Å². The highest BCUT2D eigenvalue weighted by Gasteiger charge is 2.44. The average molecular weight is 916 g/mol. The number of nitrogens with one attached hydrogen (secondary N) is 4. The van der Waals surface area contributed by atoms with Gasteiger partial charge in [0, 0.05) is 44.0 Å². The fourth-order valence-corrected chi connectivity index (χ4v) is 8.16. The van der Waals surface area contributed by atoms with Crippen LogP contribution in [-0.4, -0.2) is 95.7 Å². The smallest absolute Gasteiger partial charge is 0.255 e. The van der Waals surface area contributed by atoms with Gasteiger partial charge in [-0.3, -0.25) is 24.0 Å². The molecule has 0 bridgehead atoms. The number of carbonyl (C=O) groups is 5. The number of hydrogen-bond acceptors (Lipinski definition) is 11. The Bertz CT molecular complexity index is 2210. The molecule has 15 nitrogen and oxygen atoms in total. The van der Waals surface area contributed by atoms with Gasteiger partial charge in [0.15, 0.2) is 0 Å². The fourth-order valence-electron chi connectivity index (χ4n) is 7.35. The topological polar surface area (TPSA) is 214 Å². The van der Waals surface area contributed by atoms with Crippen molar-refractivity contribution in [3.05, 3.63) is 94.9 Å². The lowest BCUT2D eigenvalue weighted by Gasteiger charge is -2.35. The summed E-state index contributed by atoms with van der Waals surface area (Å²) < 4.78 is 24.5. The number of nitrogens with zero attached hydrogens (tertiary/aromatic N) is 2. The number of unbranched alkanes of at least 4 members (excludes halogenated alkanes) is 6. The van der Waals surface area contributed by atoms with Crippen LogP contribution in [0, 0.1) is 18.2 Å². The largest absolute Gasteiger partial charge is 0.397 e. The van der Waals surface area contributed by atoms with Crippen molar-refractivity contribution in [3.63, 3.8) is 0 Å². The molecule has 4 aromatic rings. The van der Waals surface area contributed by atoms with Crippen molar-refractivity contribution in [2.75, 3.05) is 49.3 Å². The van der Waals surface area contributed by atoms with E-state index in [4.69, 9.17) is 15.2 Å². The van der Waals surface area contributed by atoms with Crippen molar-refractivity contribution in [2.24, 2.45) is 5.41 Å². The minimum atomic E-state index is -0.936. The predicted octanol–water partition coefficient (Wildman–Crippen LogP) is 6.60. The average Bonchev–Trinajstić information content (AvgIpc) is 3.89. The molecule has 0 radical (unpaired) electrons. The molecule has 1 saturated heterocycles. The number of aryl methyl sites for hydroxylation is 1. The van der Waals surface area contributed by atoms with E-state index in [1.54, 1.807) is 35.6 Å². The summed E-state index contributed by atoms with van der Waals surface area (Å²) in [6, 6.07) is 16.1. The zero-order valence-electron chi connectivity index (χ0n) is 37.6. The van der Waals surface area contributed by atoms with Crippen LogP contribution in [0.15, 0.2) is 72.2 Å². The molecular weight excluding hydrogens is 854 g/mol. The number of aromatic nitrogens is 1. The summed E-state index contributed by atoms with van der Waals surface area (Å²) in [5.74, 6) is -2.44. The number of β-amino-alcohol motifs (C(OH)–C–C–N with tert-alkyl or cyclic N) is 1. The van der Waals surface area contributed by atoms with Crippen LogP contribution in [0.3, 0.4) is 0 Å². The Hall–Kier alpha value is -5.75. The van der Waals surface area contributed by atoms with Crippen molar-refractivity contribution in [3.8, 4) is 10.4 Å². The second-order valence-corrected chi connectivity index (χ2v) is 18.2. The third kappa shape index (κ3) is 15.7. The maximum atomic E-state index is 13.9. The monoisotopic (exact) mass is 915 g/mol. The number of carbonyl (C=O) groups excluding carboxylic acids is 5. The Balaban J connectivity index is 0.898.